The van der Waals surface area contributed by atoms with Gasteiger partial charge in [-0.15, -0.1) is 24.8 Å². The third kappa shape index (κ3) is 8.37. The molecule has 2 aromatic carbocycles. The highest BCUT2D eigenvalue weighted by atomic mass is 35.5. The van der Waals surface area contributed by atoms with Crippen LogP contribution in [0.15, 0.2) is 68.5 Å². The SMILES string of the molecule is Cl.Cl.NC(=Nc1ccc(F)cc1)/N=C(\N)N1CCN(/C(N)=N/C(N)=Nc2ccc(F)cc2)CC1. The van der Waals surface area contributed by atoms with Crippen molar-refractivity contribution in [2.45, 2.75) is 0 Å². The summed E-state index contributed by atoms with van der Waals surface area (Å²) in [5.74, 6) is -0.393. The Morgan fingerprint density at radius 2 is 0.882 bits per heavy atom. The van der Waals surface area contributed by atoms with Gasteiger partial charge < -0.3 is 32.7 Å². The summed E-state index contributed by atoms with van der Waals surface area (Å²) in [6.07, 6.45) is 0. The molecule has 10 nitrogen and oxygen atoms in total. The molecule has 0 bridgehead atoms. The molecule has 0 radical (unpaired) electrons. The second-order valence-corrected chi connectivity index (χ2v) is 6.81. The smallest absolute Gasteiger partial charge is 0.223 e. The summed E-state index contributed by atoms with van der Waals surface area (Å²) in [6, 6.07) is 11.1. The minimum atomic E-state index is -0.366. The van der Waals surface area contributed by atoms with Crippen LogP contribution in [0, 0.1) is 11.6 Å². The first-order chi connectivity index (χ1) is 15.3. The maximum absolute atomic E-state index is 13.0. The van der Waals surface area contributed by atoms with Gasteiger partial charge in [0.15, 0.2) is 11.9 Å². The van der Waals surface area contributed by atoms with E-state index in [-0.39, 0.29) is 60.3 Å². The topological polar surface area (TPSA) is 160 Å². The van der Waals surface area contributed by atoms with Crippen LogP contribution in [0.5, 0.6) is 0 Å². The van der Waals surface area contributed by atoms with E-state index in [2.05, 4.69) is 20.0 Å². The first-order valence-corrected chi connectivity index (χ1v) is 9.68. The molecular formula is C20H26Cl2F2N10. The van der Waals surface area contributed by atoms with Gasteiger partial charge in [-0.1, -0.05) is 0 Å². The van der Waals surface area contributed by atoms with Crippen molar-refractivity contribution in [1.29, 1.82) is 0 Å². The molecule has 0 aromatic heterocycles. The van der Waals surface area contributed by atoms with Crippen LogP contribution in [-0.4, -0.2) is 59.8 Å². The zero-order chi connectivity index (χ0) is 23.1. The summed E-state index contributed by atoms with van der Waals surface area (Å²) in [7, 11) is 0. The molecule has 0 amide bonds. The fourth-order valence-corrected chi connectivity index (χ4v) is 2.89. The van der Waals surface area contributed by atoms with Crippen LogP contribution in [0.4, 0.5) is 20.2 Å². The summed E-state index contributed by atoms with van der Waals surface area (Å²) in [4.78, 5) is 20.0. The Balaban J connectivity index is 0.00000289. The van der Waals surface area contributed by atoms with Crippen molar-refractivity contribution in [2.24, 2.45) is 42.9 Å². The number of hydrogen-bond donors (Lipinski definition) is 4. The van der Waals surface area contributed by atoms with Gasteiger partial charge in [-0.2, -0.15) is 9.98 Å². The van der Waals surface area contributed by atoms with Crippen molar-refractivity contribution >= 4 is 60.0 Å². The number of halogens is 4. The Kier molecular flexibility index (Phi) is 11.0. The number of rotatable bonds is 2. The molecule has 34 heavy (non-hydrogen) atoms. The third-order valence-corrected chi connectivity index (χ3v) is 4.53. The number of benzene rings is 2. The van der Waals surface area contributed by atoms with Crippen LogP contribution in [0.1, 0.15) is 0 Å². The number of nitrogens with two attached hydrogens (primary N) is 4. The molecule has 2 aromatic rings. The number of guanidine groups is 4. The van der Waals surface area contributed by atoms with E-state index in [0.717, 1.165) is 0 Å². The minimum Gasteiger partial charge on any atom is -0.369 e. The van der Waals surface area contributed by atoms with Gasteiger partial charge in [-0.3, -0.25) is 0 Å². The van der Waals surface area contributed by atoms with E-state index in [9.17, 15) is 8.78 Å². The normalized spacial score (nSPS) is 15.5. The molecule has 1 aliphatic rings. The van der Waals surface area contributed by atoms with Crippen molar-refractivity contribution in [3.63, 3.8) is 0 Å². The van der Waals surface area contributed by atoms with E-state index >= 15 is 0 Å². The predicted molar refractivity (Wildman–Crippen MR) is 136 cm³/mol. The Hall–Kier alpha value is -3.64. The lowest BCUT2D eigenvalue weighted by Crippen LogP contribution is -2.54. The van der Waals surface area contributed by atoms with Crippen molar-refractivity contribution in [2.75, 3.05) is 26.2 Å². The van der Waals surface area contributed by atoms with E-state index in [1.807, 2.05) is 9.80 Å². The van der Waals surface area contributed by atoms with E-state index in [1.165, 1.54) is 48.5 Å². The highest BCUT2D eigenvalue weighted by Gasteiger charge is 2.20. The maximum atomic E-state index is 13.0. The monoisotopic (exact) mass is 514 g/mol. The van der Waals surface area contributed by atoms with E-state index in [1.54, 1.807) is 0 Å². The first kappa shape index (κ1) is 28.4. The van der Waals surface area contributed by atoms with Crippen molar-refractivity contribution in [1.82, 2.24) is 9.80 Å². The first-order valence-electron chi connectivity index (χ1n) is 9.68. The standard InChI is InChI=1S/C20H24F2N10.2ClH/c21-13-1-5-15(6-2-13)27-17(23)29-19(25)31-9-11-32(12-10-31)20(26)30-18(24)28-16-7-3-14(22)4-8-16;;/h1-8H,9-12H2,(H4,23,25,27,29)(H4,24,26,28,30);2*1H. The molecule has 0 spiro atoms. The molecule has 184 valence electrons. The van der Waals surface area contributed by atoms with Gasteiger partial charge in [0.25, 0.3) is 0 Å². The molecule has 1 heterocycles. The van der Waals surface area contributed by atoms with E-state index in [0.29, 0.717) is 37.6 Å². The fourth-order valence-electron chi connectivity index (χ4n) is 2.89. The van der Waals surface area contributed by atoms with Gasteiger partial charge in [0, 0.05) is 26.2 Å². The molecular weight excluding hydrogens is 489 g/mol. The number of nitrogens with zero attached hydrogens (tertiary/aromatic N) is 6. The molecule has 0 saturated carbocycles. The number of piperazine rings is 1. The van der Waals surface area contributed by atoms with E-state index < -0.39 is 0 Å². The average molecular weight is 515 g/mol. The van der Waals surface area contributed by atoms with Crippen LogP contribution < -0.4 is 22.9 Å². The van der Waals surface area contributed by atoms with Crippen LogP contribution in [-0.2, 0) is 0 Å². The summed E-state index contributed by atoms with van der Waals surface area (Å²) < 4.78 is 25.9. The average Bonchev–Trinajstić information content (AvgIpc) is 2.77. The maximum Gasteiger partial charge on any atom is 0.223 e. The lowest BCUT2D eigenvalue weighted by molar-refractivity contribution is 0.255. The lowest BCUT2D eigenvalue weighted by Gasteiger charge is -2.35. The van der Waals surface area contributed by atoms with Crippen molar-refractivity contribution in [3.05, 3.63) is 60.2 Å². The molecule has 8 N–H and O–H groups in total. The van der Waals surface area contributed by atoms with Gasteiger partial charge >= 0.3 is 0 Å². The summed E-state index contributed by atoms with van der Waals surface area (Å²) in [5.41, 5.74) is 24.6. The third-order valence-electron chi connectivity index (χ3n) is 4.53. The Morgan fingerprint density at radius 3 is 1.18 bits per heavy atom. The van der Waals surface area contributed by atoms with Crippen molar-refractivity contribution < 1.29 is 8.78 Å². The molecule has 1 fully saturated rings. The molecule has 1 aliphatic heterocycles. The zero-order valence-electron chi connectivity index (χ0n) is 18.0. The summed E-state index contributed by atoms with van der Waals surface area (Å²) in [6.45, 7) is 2.07. The van der Waals surface area contributed by atoms with Gasteiger partial charge in [-0.25, -0.2) is 18.8 Å². The molecule has 1 saturated heterocycles. The van der Waals surface area contributed by atoms with Gasteiger partial charge in [0.2, 0.25) is 11.9 Å². The summed E-state index contributed by atoms with van der Waals surface area (Å²) >= 11 is 0. The van der Waals surface area contributed by atoms with Gasteiger partial charge in [0.1, 0.15) is 11.6 Å². The molecule has 3 rings (SSSR count). The highest BCUT2D eigenvalue weighted by molar-refractivity contribution is 5.95. The van der Waals surface area contributed by atoms with Gasteiger partial charge in [-0.05, 0) is 48.5 Å². The minimum absolute atomic E-state index is 0. The molecule has 0 aliphatic carbocycles. The lowest BCUT2D eigenvalue weighted by atomic mass is 10.3. The number of hydrogen-bond acceptors (Lipinski definition) is 2. The molecule has 0 atom stereocenters. The Morgan fingerprint density at radius 1 is 0.588 bits per heavy atom. The van der Waals surface area contributed by atoms with Crippen LogP contribution in [0.25, 0.3) is 0 Å². The van der Waals surface area contributed by atoms with E-state index in [4.69, 9.17) is 22.9 Å². The largest absolute Gasteiger partial charge is 0.369 e. The van der Waals surface area contributed by atoms with Crippen molar-refractivity contribution in [3.8, 4) is 0 Å². The second kappa shape index (κ2) is 13.2. The second-order valence-electron chi connectivity index (χ2n) is 6.81. The predicted octanol–water partition coefficient (Wildman–Crippen LogP) is 1.65. The molecule has 14 heteroatoms. The number of aliphatic imine (C=N–C) groups is 4. The summed E-state index contributed by atoms with van der Waals surface area (Å²) in [5, 5.41) is 0. The zero-order valence-corrected chi connectivity index (χ0v) is 19.6. The highest BCUT2D eigenvalue weighted by Crippen LogP contribution is 2.13. The Bertz CT molecular complexity index is 963. The van der Waals surface area contributed by atoms with Crippen LogP contribution in [0.2, 0.25) is 0 Å². The van der Waals surface area contributed by atoms with Gasteiger partial charge in [0.05, 0.1) is 11.4 Å². The quantitative estimate of drug-likeness (QED) is 0.352. The molecule has 0 unspecified atom stereocenters. The Labute approximate surface area is 207 Å². The van der Waals surface area contributed by atoms with Crippen LogP contribution in [0.3, 0.4) is 0 Å². The van der Waals surface area contributed by atoms with Crippen LogP contribution >= 0.6 is 24.8 Å². The fraction of sp³-hybridized carbons (Fsp3) is 0.200.